The van der Waals surface area contributed by atoms with Crippen molar-refractivity contribution in [1.82, 2.24) is 0 Å². The molecule has 1 fully saturated rings. The van der Waals surface area contributed by atoms with Crippen molar-refractivity contribution in [2.45, 2.75) is 19.4 Å². The molecule has 0 aromatic heterocycles. The molecular weight excluding hydrogens is 280 g/mol. The van der Waals surface area contributed by atoms with Crippen molar-refractivity contribution in [2.75, 3.05) is 18.1 Å². The van der Waals surface area contributed by atoms with Crippen molar-refractivity contribution in [2.24, 2.45) is 5.92 Å². The van der Waals surface area contributed by atoms with E-state index in [1.807, 2.05) is 18.2 Å². The fraction of sp³-hybridized carbons (Fsp3) is 0.462. The number of nitriles is 1. The normalized spacial score (nSPS) is 23.8. The number of hydrogen-bond donors (Lipinski definition) is 1. The van der Waals surface area contributed by atoms with E-state index in [1.54, 1.807) is 0 Å². The highest BCUT2D eigenvalue weighted by atomic mass is 79.9. The van der Waals surface area contributed by atoms with Crippen LogP contribution in [-0.4, -0.2) is 24.3 Å². The predicted molar refractivity (Wildman–Crippen MR) is 70.9 cm³/mol. The van der Waals surface area contributed by atoms with Gasteiger partial charge in [0.05, 0.1) is 23.9 Å². The van der Waals surface area contributed by atoms with Crippen LogP contribution in [0.1, 0.15) is 18.9 Å². The van der Waals surface area contributed by atoms with E-state index < -0.39 is 0 Å². The summed E-state index contributed by atoms with van der Waals surface area (Å²) in [6.45, 7) is 3.18. The lowest BCUT2D eigenvalue weighted by atomic mass is 10.0. The monoisotopic (exact) mass is 294 g/mol. The van der Waals surface area contributed by atoms with Gasteiger partial charge in [0, 0.05) is 11.0 Å². The Morgan fingerprint density at radius 1 is 1.59 bits per heavy atom. The quantitative estimate of drug-likeness (QED) is 0.912. The molecule has 2 rings (SSSR count). The Morgan fingerprint density at radius 2 is 2.35 bits per heavy atom. The molecule has 4 heteroatoms. The Balaban J connectivity index is 2.41. The number of benzene rings is 1. The number of rotatable bonds is 2. The minimum absolute atomic E-state index is 0.122. The largest absolute Gasteiger partial charge is 0.394 e. The summed E-state index contributed by atoms with van der Waals surface area (Å²) in [5.74, 6) is 0.463. The molecule has 0 amide bonds. The summed E-state index contributed by atoms with van der Waals surface area (Å²) in [5, 5.41) is 18.7. The summed E-state index contributed by atoms with van der Waals surface area (Å²) >= 11 is 3.40. The van der Waals surface area contributed by atoms with Gasteiger partial charge in [-0.2, -0.15) is 5.26 Å². The van der Waals surface area contributed by atoms with Crippen molar-refractivity contribution < 1.29 is 5.11 Å². The predicted octanol–water partition coefficient (Wildman–Crippen LogP) is 2.53. The molecule has 0 aliphatic carbocycles. The second-order valence-electron chi connectivity index (χ2n) is 4.46. The molecule has 0 spiro atoms. The first-order valence-corrected chi connectivity index (χ1v) is 6.54. The summed E-state index contributed by atoms with van der Waals surface area (Å²) in [7, 11) is 0. The molecule has 2 unspecified atom stereocenters. The van der Waals surface area contributed by atoms with Gasteiger partial charge in [-0.3, -0.25) is 0 Å². The SMILES string of the molecule is CC1CCN(c2cccc(Br)c2C#N)C1CO. The van der Waals surface area contributed by atoms with Gasteiger partial charge in [0.25, 0.3) is 0 Å². The number of hydrogen-bond acceptors (Lipinski definition) is 3. The van der Waals surface area contributed by atoms with Gasteiger partial charge >= 0.3 is 0 Å². The Morgan fingerprint density at radius 3 is 3.00 bits per heavy atom. The summed E-state index contributed by atoms with van der Waals surface area (Å²) in [5.41, 5.74) is 1.57. The molecule has 3 nitrogen and oxygen atoms in total. The van der Waals surface area contributed by atoms with Crippen LogP contribution in [0, 0.1) is 17.2 Å². The minimum atomic E-state index is 0.122. The van der Waals surface area contributed by atoms with Crippen molar-refractivity contribution in [3.05, 3.63) is 28.2 Å². The van der Waals surface area contributed by atoms with E-state index in [-0.39, 0.29) is 12.6 Å². The van der Waals surface area contributed by atoms with Crippen LogP contribution in [0.5, 0.6) is 0 Å². The number of aliphatic hydroxyl groups excluding tert-OH is 1. The van der Waals surface area contributed by atoms with Crippen LogP contribution >= 0.6 is 15.9 Å². The molecule has 17 heavy (non-hydrogen) atoms. The molecule has 0 saturated carbocycles. The summed E-state index contributed by atoms with van der Waals surface area (Å²) in [6.07, 6.45) is 1.06. The lowest BCUT2D eigenvalue weighted by Crippen LogP contribution is -2.35. The fourth-order valence-electron chi connectivity index (χ4n) is 2.45. The first-order chi connectivity index (χ1) is 8.19. The Labute approximate surface area is 110 Å². The summed E-state index contributed by atoms with van der Waals surface area (Å²) < 4.78 is 0.814. The second kappa shape index (κ2) is 5.07. The van der Waals surface area contributed by atoms with Crippen LogP contribution < -0.4 is 4.90 Å². The number of halogens is 1. The fourth-order valence-corrected chi connectivity index (χ4v) is 2.89. The molecule has 1 aromatic rings. The average Bonchev–Trinajstić information content (AvgIpc) is 2.69. The van der Waals surface area contributed by atoms with E-state index in [0.717, 1.165) is 23.1 Å². The average molecular weight is 295 g/mol. The third-order valence-corrected chi connectivity index (χ3v) is 4.14. The molecule has 1 aliphatic rings. The maximum Gasteiger partial charge on any atom is 0.103 e. The third-order valence-electron chi connectivity index (χ3n) is 3.48. The zero-order valence-corrected chi connectivity index (χ0v) is 11.3. The molecule has 1 N–H and O–H groups in total. The van der Waals surface area contributed by atoms with Crippen molar-refractivity contribution in [3.8, 4) is 6.07 Å². The molecule has 1 saturated heterocycles. The van der Waals surface area contributed by atoms with Gasteiger partial charge < -0.3 is 10.0 Å². The van der Waals surface area contributed by atoms with Gasteiger partial charge in [-0.1, -0.05) is 13.0 Å². The van der Waals surface area contributed by atoms with E-state index in [9.17, 15) is 10.4 Å². The first kappa shape index (κ1) is 12.4. The number of aliphatic hydroxyl groups is 1. The maximum absolute atomic E-state index is 9.46. The Hall–Kier alpha value is -1.05. The van der Waals surface area contributed by atoms with Crippen molar-refractivity contribution >= 4 is 21.6 Å². The van der Waals surface area contributed by atoms with E-state index >= 15 is 0 Å². The van der Waals surface area contributed by atoms with Gasteiger partial charge in [-0.15, -0.1) is 0 Å². The highest BCUT2D eigenvalue weighted by molar-refractivity contribution is 9.10. The molecule has 0 radical (unpaired) electrons. The van der Waals surface area contributed by atoms with Crippen LogP contribution in [0.3, 0.4) is 0 Å². The van der Waals surface area contributed by atoms with Crippen LogP contribution in [-0.2, 0) is 0 Å². The van der Waals surface area contributed by atoms with E-state index in [1.165, 1.54) is 0 Å². The lowest BCUT2D eigenvalue weighted by Gasteiger charge is -2.28. The van der Waals surface area contributed by atoms with Crippen molar-refractivity contribution in [1.29, 1.82) is 5.26 Å². The number of anilines is 1. The van der Waals surface area contributed by atoms with Gasteiger partial charge in [0.1, 0.15) is 6.07 Å². The van der Waals surface area contributed by atoms with Crippen molar-refractivity contribution in [3.63, 3.8) is 0 Å². The molecule has 0 bridgehead atoms. The maximum atomic E-state index is 9.46. The molecule has 1 aromatic carbocycles. The zero-order chi connectivity index (χ0) is 12.4. The minimum Gasteiger partial charge on any atom is -0.394 e. The van der Waals surface area contributed by atoms with Gasteiger partial charge in [-0.25, -0.2) is 0 Å². The topological polar surface area (TPSA) is 47.3 Å². The molecule has 1 aliphatic heterocycles. The third kappa shape index (κ3) is 2.18. The first-order valence-electron chi connectivity index (χ1n) is 5.75. The van der Waals surface area contributed by atoms with E-state index in [0.29, 0.717) is 11.5 Å². The van der Waals surface area contributed by atoms with Crippen LogP contribution in [0.2, 0.25) is 0 Å². The molecule has 90 valence electrons. The summed E-state index contributed by atoms with van der Waals surface area (Å²) in [4.78, 5) is 2.15. The van der Waals surface area contributed by atoms with E-state index in [2.05, 4.69) is 33.8 Å². The zero-order valence-electron chi connectivity index (χ0n) is 9.73. The van der Waals surface area contributed by atoms with Crippen LogP contribution in [0.15, 0.2) is 22.7 Å². The molecule has 1 heterocycles. The lowest BCUT2D eigenvalue weighted by molar-refractivity contribution is 0.244. The highest BCUT2D eigenvalue weighted by Gasteiger charge is 2.32. The van der Waals surface area contributed by atoms with Gasteiger partial charge in [-0.05, 0) is 40.4 Å². The Kier molecular flexibility index (Phi) is 3.70. The Bertz CT molecular complexity index is 455. The number of nitrogens with zero attached hydrogens (tertiary/aromatic N) is 2. The van der Waals surface area contributed by atoms with Gasteiger partial charge in [0.15, 0.2) is 0 Å². The molecular formula is C13H15BrN2O. The van der Waals surface area contributed by atoms with Crippen LogP contribution in [0.4, 0.5) is 5.69 Å². The smallest absolute Gasteiger partial charge is 0.103 e. The standard InChI is InChI=1S/C13H15BrN2O/c1-9-5-6-16(13(9)8-17)12-4-2-3-11(14)10(12)7-15/h2-4,9,13,17H,5-6,8H2,1H3. The highest BCUT2D eigenvalue weighted by Crippen LogP contribution is 2.34. The van der Waals surface area contributed by atoms with E-state index in [4.69, 9.17) is 0 Å². The van der Waals surface area contributed by atoms with Crippen LogP contribution in [0.25, 0.3) is 0 Å². The molecule has 2 atom stereocenters. The van der Waals surface area contributed by atoms with Gasteiger partial charge in [0.2, 0.25) is 0 Å². The summed E-state index contributed by atoms with van der Waals surface area (Å²) in [6, 6.07) is 8.10. The second-order valence-corrected chi connectivity index (χ2v) is 5.31.